The number of carbonyl (C=O) groups excluding carboxylic acids is 6. The van der Waals surface area contributed by atoms with Crippen LogP contribution in [0, 0.1) is 11.7 Å². The van der Waals surface area contributed by atoms with Gasteiger partial charge in [0.15, 0.2) is 0 Å². The fourth-order valence-corrected chi connectivity index (χ4v) is 8.58. The maximum absolute atomic E-state index is 14.5. The lowest BCUT2D eigenvalue weighted by Crippen LogP contribution is -2.58. The van der Waals surface area contributed by atoms with E-state index in [-0.39, 0.29) is 52.0 Å². The number of benzene rings is 1. The van der Waals surface area contributed by atoms with Crippen LogP contribution in [0.5, 0.6) is 0 Å². The molecule has 6 rings (SSSR count). The van der Waals surface area contributed by atoms with E-state index in [0.717, 1.165) is 11.0 Å². The fraction of sp³-hybridized carbons (Fsp3) is 0.568. The summed E-state index contributed by atoms with van der Waals surface area (Å²) in [6.45, 7) is 8.42. The molecular weight excluding hydrogens is 740 g/mol. The van der Waals surface area contributed by atoms with E-state index in [9.17, 15) is 41.6 Å². The summed E-state index contributed by atoms with van der Waals surface area (Å²) in [4.78, 5) is 85.7. The van der Waals surface area contributed by atoms with E-state index >= 15 is 0 Å². The average Bonchev–Trinajstić information content (AvgIpc) is 3.99. The number of carbonyl (C=O) groups is 6. The van der Waals surface area contributed by atoms with Crippen LogP contribution in [0.25, 0.3) is 0 Å². The molecule has 18 heteroatoms. The number of nitrogens with zero attached hydrogens (tertiary/aromatic N) is 3. The van der Waals surface area contributed by atoms with Crippen molar-refractivity contribution in [3.05, 3.63) is 60.0 Å². The molecule has 5 aliphatic rings. The van der Waals surface area contributed by atoms with Crippen LogP contribution < -0.4 is 15.4 Å². The Kier molecular flexibility index (Phi) is 11.0. The van der Waals surface area contributed by atoms with Gasteiger partial charge >= 0.3 is 12.2 Å². The van der Waals surface area contributed by atoms with Gasteiger partial charge in [-0.05, 0) is 70.6 Å². The van der Waals surface area contributed by atoms with Gasteiger partial charge in [0.05, 0.1) is 18.3 Å². The lowest BCUT2D eigenvalue weighted by Gasteiger charge is -2.31. The fourth-order valence-electron chi connectivity index (χ4n) is 7.21. The van der Waals surface area contributed by atoms with Gasteiger partial charge in [0.25, 0.3) is 5.91 Å². The van der Waals surface area contributed by atoms with Crippen LogP contribution >= 0.6 is 0 Å². The molecule has 0 aromatic heterocycles. The Morgan fingerprint density at radius 3 is 2.49 bits per heavy atom. The molecule has 3 fully saturated rings. The number of ether oxygens (including phenoxy) is 2. The van der Waals surface area contributed by atoms with Crippen molar-refractivity contribution in [3.63, 3.8) is 0 Å². The Balaban J connectivity index is 1.30. The van der Waals surface area contributed by atoms with Crippen molar-refractivity contribution < 1.29 is 51.0 Å². The van der Waals surface area contributed by atoms with Crippen molar-refractivity contribution in [3.8, 4) is 0 Å². The Hall–Kier alpha value is -5.00. The number of halogens is 1. The molecule has 0 radical (unpaired) electrons. The zero-order valence-electron chi connectivity index (χ0n) is 31.0. The van der Waals surface area contributed by atoms with Crippen LogP contribution in [0.4, 0.5) is 14.0 Å². The molecule has 55 heavy (non-hydrogen) atoms. The third kappa shape index (κ3) is 8.95. The topological polar surface area (TPSA) is 201 Å². The van der Waals surface area contributed by atoms with E-state index in [0.29, 0.717) is 30.4 Å². The molecule has 6 amide bonds. The highest BCUT2D eigenvalue weighted by Gasteiger charge is 2.62. The van der Waals surface area contributed by atoms with Crippen LogP contribution in [0.3, 0.4) is 0 Å². The second-order valence-electron chi connectivity index (χ2n) is 15.7. The number of rotatable bonds is 6. The summed E-state index contributed by atoms with van der Waals surface area (Å²) in [6.07, 6.45) is 2.65. The predicted molar refractivity (Wildman–Crippen MR) is 193 cm³/mol. The molecule has 3 heterocycles. The Morgan fingerprint density at radius 2 is 1.82 bits per heavy atom. The molecule has 5 atom stereocenters. The van der Waals surface area contributed by atoms with Gasteiger partial charge in [-0.15, -0.1) is 0 Å². The summed E-state index contributed by atoms with van der Waals surface area (Å²) in [7, 11) is -3.99. The van der Waals surface area contributed by atoms with Crippen LogP contribution in [-0.4, -0.2) is 113 Å². The zero-order chi connectivity index (χ0) is 39.9. The van der Waals surface area contributed by atoms with Gasteiger partial charge in [0.1, 0.15) is 35.1 Å². The van der Waals surface area contributed by atoms with Crippen molar-refractivity contribution in [2.45, 2.75) is 107 Å². The number of alkyl carbamates (subject to hydrolysis) is 1. The summed E-state index contributed by atoms with van der Waals surface area (Å²) in [5.41, 5.74) is -1.63. The first-order chi connectivity index (χ1) is 25.9. The Bertz CT molecular complexity index is 1910. The first-order valence-corrected chi connectivity index (χ1v) is 19.9. The highest BCUT2D eigenvalue weighted by atomic mass is 32.2. The monoisotopic (exact) mass is 786 g/mol. The van der Waals surface area contributed by atoms with Crippen LogP contribution in [0.2, 0.25) is 0 Å². The molecule has 0 spiro atoms. The molecule has 1 unspecified atom stereocenters. The number of hydrogen-bond acceptors (Lipinski definition) is 10. The van der Waals surface area contributed by atoms with E-state index in [1.165, 1.54) is 21.9 Å². The number of hydrogen-bond donors (Lipinski definition) is 3. The van der Waals surface area contributed by atoms with Crippen LogP contribution in [0.15, 0.2) is 43.0 Å². The molecule has 16 nitrogen and oxygen atoms in total. The molecule has 298 valence electrons. The van der Waals surface area contributed by atoms with Crippen molar-refractivity contribution >= 4 is 45.8 Å². The molecule has 1 aromatic rings. The molecule has 3 aliphatic heterocycles. The normalized spacial score (nSPS) is 27.0. The summed E-state index contributed by atoms with van der Waals surface area (Å²) in [5, 5.41) is 4.61. The highest BCUT2D eigenvalue weighted by Crippen LogP contribution is 2.46. The van der Waals surface area contributed by atoms with E-state index in [4.69, 9.17) is 9.47 Å². The van der Waals surface area contributed by atoms with E-state index in [1.807, 2.05) is 0 Å². The van der Waals surface area contributed by atoms with Gasteiger partial charge in [0.2, 0.25) is 27.7 Å². The zero-order valence-corrected chi connectivity index (χ0v) is 31.9. The molecule has 2 saturated carbocycles. The molecule has 1 saturated heterocycles. The van der Waals surface area contributed by atoms with Crippen molar-refractivity contribution in [1.29, 1.82) is 0 Å². The minimum absolute atomic E-state index is 0.00507. The summed E-state index contributed by atoms with van der Waals surface area (Å²) >= 11 is 0. The second kappa shape index (κ2) is 15.3. The van der Waals surface area contributed by atoms with E-state index in [2.05, 4.69) is 21.9 Å². The van der Waals surface area contributed by atoms with Crippen molar-refractivity contribution in [2.24, 2.45) is 5.92 Å². The summed E-state index contributed by atoms with van der Waals surface area (Å²) < 4.78 is 53.5. The summed E-state index contributed by atoms with van der Waals surface area (Å²) in [6, 6.07) is 1.87. The third-order valence-corrected chi connectivity index (χ3v) is 12.2. The lowest BCUT2D eigenvalue weighted by molar-refractivity contribution is -0.141. The average molecular weight is 787 g/mol. The second-order valence-corrected chi connectivity index (χ2v) is 17.6. The first kappa shape index (κ1) is 39.7. The minimum atomic E-state index is -3.99. The molecule has 1 aromatic carbocycles. The van der Waals surface area contributed by atoms with Gasteiger partial charge in [-0.1, -0.05) is 30.9 Å². The van der Waals surface area contributed by atoms with E-state index in [1.54, 1.807) is 39.0 Å². The number of fused-ring (bicyclic) bond motifs is 3. The number of nitrogens with one attached hydrogen (secondary N) is 3. The maximum atomic E-state index is 14.5. The third-order valence-electron chi connectivity index (χ3n) is 10.4. The Labute approximate surface area is 318 Å². The molecule has 3 N–H and O–H groups in total. The van der Waals surface area contributed by atoms with Gasteiger partial charge in [-0.25, -0.2) is 22.4 Å². The lowest BCUT2D eigenvalue weighted by atomic mass is 10.1. The number of sulfonamides is 1. The van der Waals surface area contributed by atoms with Gasteiger partial charge < -0.3 is 29.9 Å². The minimum Gasteiger partial charge on any atom is -0.444 e. The van der Waals surface area contributed by atoms with Gasteiger partial charge in [0, 0.05) is 37.5 Å². The largest absolute Gasteiger partial charge is 0.444 e. The van der Waals surface area contributed by atoms with E-state index < -0.39 is 92.2 Å². The standard InChI is InChI=1S/C37H47FN6O10S/c1-5-30(45)42-15-7-6-10-23-18-37(23,33(48)41-55(51,52)25-12-13-25)40-31(46)29-17-24(53-35(50)43-19-22-9-8-11-27(38)26(22)21-43)20-44(29)32(47)28(14-16-42)39-34(49)54-36(2,3)4/h5-6,8-11,23-25,28-29H,1,7,12-21H2,2-4H3,(H,39,49)(H,40,46)(H,41,48)/t23-,24?,28+,29+,37-/m1/s1. The van der Waals surface area contributed by atoms with Crippen LogP contribution in [-0.2, 0) is 51.8 Å². The number of amides is 6. The van der Waals surface area contributed by atoms with Crippen molar-refractivity contribution in [1.82, 2.24) is 30.1 Å². The molecule has 2 aliphatic carbocycles. The smallest absolute Gasteiger partial charge is 0.410 e. The molecular formula is C37H47FN6O10S. The highest BCUT2D eigenvalue weighted by molar-refractivity contribution is 7.91. The predicted octanol–water partition coefficient (Wildman–Crippen LogP) is 1.99. The molecule has 0 bridgehead atoms. The first-order valence-electron chi connectivity index (χ1n) is 18.4. The van der Waals surface area contributed by atoms with Crippen molar-refractivity contribution in [2.75, 3.05) is 19.6 Å². The SMILES string of the molecule is C=CC(=O)N1CCC=C[C@@H]2C[C@@]2(C(=O)NS(=O)(=O)C2CC2)NC(=O)[C@@H]2CC(OC(=O)N3Cc4cccc(F)c4C3)CN2C(=O)[C@@H](NC(=O)OC(C)(C)C)CC1. The Morgan fingerprint density at radius 1 is 1.07 bits per heavy atom. The van der Waals surface area contributed by atoms with Crippen LogP contribution in [0.1, 0.15) is 70.4 Å². The maximum Gasteiger partial charge on any atom is 0.410 e. The quantitative estimate of drug-likeness (QED) is 0.283. The van der Waals surface area contributed by atoms with Gasteiger partial charge in [-0.3, -0.25) is 28.8 Å². The van der Waals surface area contributed by atoms with Gasteiger partial charge in [-0.2, -0.15) is 0 Å². The summed E-state index contributed by atoms with van der Waals surface area (Å²) in [5.74, 6) is -3.97.